The Morgan fingerprint density at radius 3 is 3.00 bits per heavy atom. The van der Waals surface area contributed by atoms with Crippen LogP contribution in [0.3, 0.4) is 0 Å². The predicted octanol–water partition coefficient (Wildman–Crippen LogP) is 0.499. The van der Waals surface area contributed by atoms with Crippen molar-refractivity contribution in [2.24, 2.45) is 0 Å². The lowest BCUT2D eigenvalue weighted by molar-refractivity contribution is -0.116. The zero-order valence-corrected chi connectivity index (χ0v) is 8.50. The van der Waals surface area contributed by atoms with E-state index >= 15 is 0 Å². The zero-order chi connectivity index (χ0) is 11.4. The summed E-state index contributed by atoms with van der Waals surface area (Å²) in [5.41, 5.74) is 6.68. The van der Waals surface area contributed by atoms with Crippen LogP contribution in [0.2, 0.25) is 0 Å². The smallest absolute Gasteiger partial charge is 0.246 e. The molecule has 0 unspecified atom stereocenters. The van der Waals surface area contributed by atoms with Gasteiger partial charge in [-0.1, -0.05) is 0 Å². The molecule has 0 bridgehead atoms. The van der Waals surface area contributed by atoms with Gasteiger partial charge >= 0.3 is 0 Å². The zero-order valence-electron chi connectivity index (χ0n) is 8.50. The van der Waals surface area contributed by atoms with Crippen molar-refractivity contribution in [2.75, 3.05) is 11.1 Å². The number of pyridine rings is 1. The van der Waals surface area contributed by atoms with Gasteiger partial charge in [0.2, 0.25) is 5.91 Å². The Bertz CT molecular complexity index is 479. The van der Waals surface area contributed by atoms with Gasteiger partial charge in [0.05, 0.1) is 23.8 Å². The van der Waals surface area contributed by atoms with Gasteiger partial charge in [0.1, 0.15) is 6.54 Å². The monoisotopic (exact) mass is 217 g/mol. The van der Waals surface area contributed by atoms with Gasteiger partial charge < -0.3 is 11.1 Å². The first kappa shape index (κ1) is 10.2. The van der Waals surface area contributed by atoms with Crippen LogP contribution in [0, 0.1) is 0 Å². The average molecular weight is 217 g/mol. The second-order valence-electron chi connectivity index (χ2n) is 3.26. The number of hydrogen-bond donors (Lipinski definition) is 2. The Morgan fingerprint density at radius 1 is 1.50 bits per heavy atom. The molecule has 6 heteroatoms. The van der Waals surface area contributed by atoms with Crippen molar-refractivity contribution in [3.05, 3.63) is 36.9 Å². The molecule has 82 valence electrons. The fraction of sp³-hybridized carbons (Fsp3) is 0.100. The number of nitrogen functional groups attached to an aromatic ring is 1. The summed E-state index contributed by atoms with van der Waals surface area (Å²) in [4.78, 5) is 15.4. The maximum Gasteiger partial charge on any atom is 0.246 e. The second-order valence-corrected chi connectivity index (χ2v) is 3.26. The van der Waals surface area contributed by atoms with Crippen molar-refractivity contribution in [3.63, 3.8) is 0 Å². The van der Waals surface area contributed by atoms with Gasteiger partial charge in [-0.05, 0) is 12.1 Å². The molecule has 6 nitrogen and oxygen atoms in total. The van der Waals surface area contributed by atoms with E-state index in [0.29, 0.717) is 11.4 Å². The molecule has 0 radical (unpaired) electrons. The van der Waals surface area contributed by atoms with Crippen LogP contribution >= 0.6 is 0 Å². The summed E-state index contributed by atoms with van der Waals surface area (Å²) in [5.74, 6) is -0.170. The highest BCUT2D eigenvalue weighted by Crippen LogP contribution is 2.03. The third-order valence-corrected chi connectivity index (χ3v) is 1.90. The van der Waals surface area contributed by atoms with Crippen LogP contribution in [0.25, 0.3) is 0 Å². The summed E-state index contributed by atoms with van der Waals surface area (Å²) in [7, 11) is 0. The lowest BCUT2D eigenvalue weighted by Crippen LogP contribution is -2.19. The lowest BCUT2D eigenvalue weighted by Gasteiger charge is -2.04. The number of rotatable bonds is 3. The topological polar surface area (TPSA) is 85.8 Å². The van der Waals surface area contributed by atoms with E-state index in [1.165, 1.54) is 10.9 Å². The molecule has 0 aliphatic carbocycles. The summed E-state index contributed by atoms with van der Waals surface area (Å²) in [6.45, 7) is 0.131. The van der Waals surface area contributed by atoms with Gasteiger partial charge in [0, 0.05) is 12.4 Å². The first-order valence-corrected chi connectivity index (χ1v) is 4.72. The van der Waals surface area contributed by atoms with Crippen molar-refractivity contribution < 1.29 is 4.79 Å². The van der Waals surface area contributed by atoms with Crippen LogP contribution in [0.15, 0.2) is 36.9 Å². The number of hydrogen-bond acceptors (Lipinski definition) is 4. The maximum atomic E-state index is 11.6. The molecule has 2 aromatic heterocycles. The van der Waals surface area contributed by atoms with E-state index in [2.05, 4.69) is 15.4 Å². The van der Waals surface area contributed by atoms with Gasteiger partial charge in [0.25, 0.3) is 0 Å². The van der Waals surface area contributed by atoms with E-state index < -0.39 is 0 Å². The average Bonchev–Trinajstić information content (AvgIpc) is 2.65. The number of nitrogens with one attached hydrogen (secondary N) is 1. The molecule has 0 saturated carbocycles. The molecule has 2 heterocycles. The minimum Gasteiger partial charge on any atom is -0.396 e. The van der Waals surface area contributed by atoms with Gasteiger partial charge in [-0.2, -0.15) is 5.10 Å². The number of anilines is 2. The van der Waals surface area contributed by atoms with Crippen molar-refractivity contribution in [2.45, 2.75) is 6.54 Å². The molecule has 2 rings (SSSR count). The summed E-state index contributed by atoms with van der Waals surface area (Å²) in [6, 6.07) is 3.52. The molecular formula is C10H11N5O. The SMILES string of the molecule is Nc1cnn(CC(=O)Nc2cccnc2)c1. The molecule has 0 aliphatic heterocycles. The van der Waals surface area contributed by atoms with Crippen LogP contribution in [0.4, 0.5) is 11.4 Å². The molecule has 0 aromatic carbocycles. The molecule has 2 aromatic rings. The summed E-state index contributed by atoms with van der Waals surface area (Å²) in [5, 5.41) is 6.61. The van der Waals surface area contributed by atoms with Crippen LogP contribution in [0.1, 0.15) is 0 Å². The van der Waals surface area contributed by atoms with Gasteiger partial charge in [-0.25, -0.2) is 0 Å². The molecule has 0 atom stereocenters. The Labute approximate surface area is 92.1 Å². The van der Waals surface area contributed by atoms with Gasteiger partial charge in [0.15, 0.2) is 0 Å². The van der Waals surface area contributed by atoms with E-state index in [1.807, 2.05) is 0 Å². The normalized spacial score (nSPS) is 10.0. The highest BCUT2D eigenvalue weighted by molar-refractivity contribution is 5.90. The molecule has 0 saturated heterocycles. The first-order chi connectivity index (χ1) is 7.74. The Hall–Kier alpha value is -2.37. The Kier molecular flexibility index (Phi) is 2.81. The third-order valence-electron chi connectivity index (χ3n) is 1.90. The Balaban J connectivity index is 1.95. The van der Waals surface area contributed by atoms with Crippen molar-refractivity contribution >= 4 is 17.3 Å². The van der Waals surface area contributed by atoms with Crippen LogP contribution < -0.4 is 11.1 Å². The largest absolute Gasteiger partial charge is 0.396 e. The van der Waals surface area contributed by atoms with Crippen LogP contribution in [-0.2, 0) is 11.3 Å². The molecule has 0 fully saturated rings. The highest BCUT2D eigenvalue weighted by Gasteiger charge is 2.04. The van der Waals surface area contributed by atoms with E-state index in [4.69, 9.17) is 5.73 Å². The van der Waals surface area contributed by atoms with Gasteiger partial charge in [-0.3, -0.25) is 14.5 Å². The lowest BCUT2D eigenvalue weighted by atomic mass is 10.4. The number of nitrogens with two attached hydrogens (primary N) is 1. The summed E-state index contributed by atoms with van der Waals surface area (Å²) < 4.78 is 1.47. The van der Waals surface area contributed by atoms with E-state index in [1.54, 1.807) is 30.7 Å². The molecule has 0 aliphatic rings. The summed E-state index contributed by atoms with van der Waals surface area (Å²) >= 11 is 0. The fourth-order valence-corrected chi connectivity index (χ4v) is 1.25. The van der Waals surface area contributed by atoms with E-state index in [9.17, 15) is 4.79 Å². The number of carbonyl (C=O) groups excluding carboxylic acids is 1. The van der Waals surface area contributed by atoms with E-state index in [0.717, 1.165) is 0 Å². The number of carbonyl (C=O) groups is 1. The predicted molar refractivity (Wildman–Crippen MR) is 59.5 cm³/mol. The number of nitrogens with zero attached hydrogens (tertiary/aromatic N) is 3. The second kappa shape index (κ2) is 4.43. The molecule has 1 amide bonds. The first-order valence-electron chi connectivity index (χ1n) is 4.72. The van der Waals surface area contributed by atoms with Crippen molar-refractivity contribution in [1.29, 1.82) is 0 Å². The molecule has 0 spiro atoms. The van der Waals surface area contributed by atoms with Crippen LogP contribution in [0.5, 0.6) is 0 Å². The number of amides is 1. The highest BCUT2D eigenvalue weighted by atomic mass is 16.2. The number of aromatic nitrogens is 3. The Morgan fingerprint density at radius 2 is 2.38 bits per heavy atom. The van der Waals surface area contributed by atoms with Crippen molar-refractivity contribution in [1.82, 2.24) is 14.8 Å². The quantitative estimate of drug-likeness (QED) is 0.783. The maximum absolute atomic E-state index is 11.6. The molecular weight excluding hydrogens is 206 g/mol. The standard InChI is InChI=1S/C10H11N5O/c11-8-4-13-15(6-8)7-10(16)14-9-2-1-3-12-5-9/h1-6H,7,11H2,(H,14,16). The minimum atomic E-state index is -0.170. The summed E-state index contributed by atoms with van der Waals surface area (Å²) in [6.07, 6.45) is 6.32. The van der Waals surface area contributed by atoms with Gasteiger partial charge in [-0.15, -0.1) is 0 Å². The molecule has 3 N–H and O–H groups in total. The van der Waals surface area contributed by atoms with Crippen molar-refractivity contribution in [3.8, 4) is 0 Å². The third kappa shape index (κ3) is 2.57. The van der Waals surface area contributed by atoms with E-state index in [-0.39, 0.29) is 12.5 Å². The molecule has 16 heavy (non-hydrogen) atoms. The minimum absolute atomic E-state index is 0.131. The fourth-order valence-electron chi connectivity index (χ4n) is 1.25. The van der Waals surface area contributed by atoms with Crippen LogP contribution in [-0.4, -0.2) is 20.7 Å².